The normalized spacial score (nSPS) is 10.7. The highest BCUT2D eigenvalue weighted by Crippen LogP contribution is 2.22. The SMILES string of the molecule is Cc1ccc(NC(=O)CCCn2nc(C)c([N+](=O)[O-])c2C)cc1C. The molecule has 1 amide bonds. The number of anilines is 1. The van der Waals surface area contributed by atoms with Crippen LogP contribution in [0.2, 0.25) is 0 Å². The van der Waals surface area contributed by atoms with E-state index in [0.717, 1.165) is 11.3 Å². The molecule has 0 spiro atoms. The van der Waals surface area contributed by atoms with Crippen molar-refractivity contribution in [2.75, 3.05) is 5.32 Å². The Morgan fingerprint density at radius 1 is 1.25 bits per heavy atom. The van der Waals surface area contributed by atoms with Crippen LogP contribution in [0.5, 0.6) is 0 Å². The molecule has 7 nitrogen and oxygen atoms in total. The Balaban J connectivity index is 1.90. The number of rotatable bonds is 6. The standard InChI is InChI=1S/C17H22N4O3/c1-11-7-8-15(10-12(11)2)18-16(22)6-5-9-20-14(4)17(21(23)24)13(3)19-20/h7-8,10H,5-6,9H2,1-4H3,(H,18,22). The summed E-state index contributed by atoms with van der Waals surface area (Å²) < 4.78 is 1.59. The highest BCUT2D eigenvalue weighted by Gasteiger charge is 2.21. The zero-order chi connectivity index (χ0) is 17.9. The molecule has 0 fully saturated rings. The van der Waals surface area contributed by atoms with Crippen molar-refractivity contribution in [2.24, 2.45) is 0 Å². The first-order valence-electron chi connectivity index (χ1n) is 7.85. The minimum atomic E-state index is -0.416. The van der Waals surface area contributed by atoms with Gasteiger partial charge in [-0.05, 0) is 57.4 Å². The smallest absolute Gasteiger partial charge is 0.312 e. The summed E-state index contributed by atoms with van der Waals surface area (Å²) in [7, 11) is 0. The van der Waals surface area contributed by atoms with Crippen LogP contribution in [0.3, 0.4) is 0 Å². The molecule has 0 saturated heterocycles. The van der Waals surface area contributed by atoms with E-state index in [9.17, 15) is 14.9 Å². The number of carbonyl (C=O) groups is 1. The third-order valence-corrected chi connectivity index (χ3v) is 4.09. The van der Waals surface area contributed by atoms with Crippen molar-refractivity contribution in [1.29, 1.82) is 0 Å². The van der Waals surface area contributed by atoms with Crippen LogP contribution < -0.4 is 5.32 Å². The minimum absolute atomic E-state index is 0.0505. The topological polar surface area (TPSA) is 90.1 Å². The zero-order valence-electron chi connectivity index (χ0n) is 14.4. The Labute approximate surface area is 140 Å². The molecule has 24 heavy (non-hydrogen) atoms. The van der Waals surface area contributed by atoms with Gasteiger partial charge < -0.3 is 5.32 Å². The molecule has 2 aromatic rings. The van der Waals surface area contributed by atoms with Gasteiger partial charge in [0.05, 0.1) is 4.92 Å². The monoisotopic (exact) mass is 330 g/mol. The summed E-state index contributed by atoms with van der Waals surface area (Å²) in [5.41, 5.74) is 4.06. The minimum Gasteiger partial charge on any atom is -0.326 e. The summed E-state index contributed by atoms with van der Waals surface area (Å²) in [5, 5.41) is 18.0. The van der Waals surface area contributed by atoms with Crippen LogP contribution in [0, 0.1) is 37.8 Å². The van der Waals surface area contributed by atoms with Crippen LogP contribution in [0.15, 0.2) is 18.2 Å². The van der Waals surface area contributed by atoms with Crippen molar-refractivity contribution in [1.82, 2.24) is 9.78 Å². The van der Waals surface area contributed by atoms with Gasteiger partial charge in [-0.25, -0.2) is 0 Å². The second kappa shape index (κ2) is 7.25. The Hall–Kier alpha value is -2.70. The van der Waals surface area contributed by atoms with E-state index >= 15 is 0 Å². The first-order valence-corrected chi connectivity index (χ1v) is 7.85. The van der Waals surface area contributed by atoms with E-state index in [1.807, 2.05) is 32.0 Å². The molecule has 0 aliphatic heterocycles. The van der Waals surface area contributed by atoms with E-state index in [1.54, 1.807) is 18.5 Å². The fraction of sp³-hybridized carbons (Fsp3) is 0.412. The summed E-state index contributed by atoms with van der Waals surface area (Å²) in [6.45, 7) is 7.79. The van der Waals surface area contributed by atoms with E-state index in [1.165, 1.54) is 5.56 Å². The van der Waals surface area contributed by atoms with Crippen LogP contribution in [-0.2, 0) is 11.3 Å². The molecule has 7 heteroatoms. The summed E-state index contributed by atoms with van der Waals surface area (Å²) in [5.74, 6) is -0.0747. The number of nitrogens with zero attached hydrogens (tertiary/aromatic N) is 3. The molecular formula is C17H22N4O3. The van der Waals surface area contributed by atoms with Gasteiger partial charge in [-0.1, -0.05) is 6.07 Å². The van der Waals surface area contributed by atoms with Crippen molar-refractivity contribution in [3.8, 4) is 0 Å². The molecular weight excluding hydrogens is 308 g/mol. The van der Waals surface area contributed by atoms with Gasteiger partial charge in [0, 0.05) is 18.7 Å². The maximum absolute atomic E-state index is 12.0. The molecule has 0 unspecified atom stereocenters. The van der Waals surface area contributed by atoms with E-state index in [-0.39, 0.29) is 11.6 Å². The number of amides is 1. The van der Waals surface area contributed by atoms with Gasteiger partial charge in [0.1, 0.15) is 11.4 Å². The molecule has 1 heterocycles. The molecule has 128 valence electrons. The molecule has 0 aliphatic carbocycles. The first kappa shape index (κ1) is 17.7. The Bertz CT molecular complexity index is 780. The molecule has 1 N–H and O–H groups in total. The maximum atomic E-state index is 12.0. The molecule has 2 rings (SSSR count). The number of nitro groups is 1. The average molecular weight is 330 g/mol. The van der Waals surface area contributed by atoms with Gasteiger partial charge in [-0.3, -0.25) is 19.6 Å². The largest absolute Gasteiger partial charge is 0.326 e. The number of nitrogens with one attached hydrogen (secondary N) is 1. The van der Waals surface area contributed by atoms with Gasteiger partial charge in [0.15, 0.2) is 0 Å². The van der Waals surface area contributed by atoms with Crippen molar-refractivity contribution in [2.45, 2.75) is 47.1 Å². The molecule has 0 radical (unpaired) electrons. The molecule has 0 saturated carbocycles. The highest BCUT2D eigenvalue weighted by molar-refractivity contribution is 5.90. The molecule has 1 aromatic heterocycles. The number of hydrogen-bond acceptors (Lipinski definition) is 4. The predicted octanol–water partition coefficient (Wildman–Crippen LogP) is 3.44. The van der Waals surface area contributed by atoms with Crippen LogP contribution in [-0.4, -0.2) is 20.6 Å². The fourth-order valence-electron chi connectivity index (χ4n) is 2.60. The number of benzene rings is 1. The van der Waals surface area contributed by atoms with Crippen molar-refractivity contribution < 1.29 is 9.72 Å². The third-order valence-electron chi connectivity index (χ3n) is 4.09. The van der Waals surface area contributed by atoms with E-state index < -0.39 is 4.92 Å². The van der Waals surface area contributed by atoms with E-state index in [0.29, 0.717) is 30.8 Å². The van der Waals surface area contributed by atoms with E-state index in [4.69, 9.17) is 0 Å². The van der Waals surface area contributed by atoms with Gasteiger partial charge >= 0.3 is 5.69 Å². The lowest BCUT2D eigenvalue weighted by Gasteiger charge is -2.08. The Kier molecular flexibility index (Phi) is 5.33. The van der Waals surface area contributed by atoms with Gasteiger partial charge in [-0.15, -0.1) is 0 Å². The summed E-state index contributed by atoms with van der Waals surface area (Å²) in [4.78, 5) is 22.6. The van der Waals surface area contributed by atoms with Crippen molar-refractivity contribution in [3.63, 3.8) is 0 Å². The quantitative estimate of drug-likeness (QED) is 0.649. The Morgan fingerprint density at radius 3 is 2.54 bits per heavy atom. The molecule has 1 aromatic carbocycles. The van der Waals surface area contributed by atoms with Crippen LogP contribution in [0.1, 0.15) is 35.4 Å². The van der Waals surface area contributed by atoms with Gasteiger partial charge in [0.2, 0.25) is 5.91 Å². The zero-order valence-corrected chi connectivity index (χ0v) is 14.4. The highest BCUT2D eigenvalue weighted by atomic mass is 16.6. The maximum Gasteiger partial charge on any atom is 0.312 e. The number of carbonyl (C=O) groups excluding carboxylic acids is 1. The summed E-state index contributed by atoms with van der Waals surface area (Å²) in [6.07, 6.45) is 0.898. The molecule has 0 atom stereocenters. The lowest BCUT2D eigenvalue weighted by molar-refractivity contribution is -0.386. The van der Waals surface area contributed by atoms with Crippen molar-refractivity contribution >= 4 is 17.3 Å². The predicted molar refractivity (Wildman–Crippen MR) is 92.1 cm³/mol. The van der Waals surface area contributed by atoms with Crippen LogP contribution in [0.25, 0.3) is 0 Å². The Morgan fingerprint density at radius 2 is 1.96 bits per heavy atom. The number of aryl methyl sites for hydroxylation is 4. The van der Waals surface area contributed by atoms with Crippen LogP contribution in [0.4, 0.5) is 11.4 Å². The fourth-order valence-corrected chi connectivity index (χ4v) is 2.60. The first-order chi connectivity index (χ1) is 11.3. The van der Waals surface area contributed by atoms with Crippen LogP contribution >= 0.6 is 0 Å². The third kappa shape index (κ3) is 3.98. The van der Waals surface area contributed by atoms with Gasteiger partial charge in [0.25, 0.3) is 0 Å². The molecule has 0 bridgehead atoms. The lowest BCUT2D eigenvalue weighted by atomic mass is 10.1. The van der Waals surface area contributed by atoms with Gasteiger partial charge in [-0.2, -0.15) is 5.10 Å². The summed E-state index contributed by atoms with van der Waals surface area (Å²) in [6, 6.07) is 5.79. The molecule has 0 aliphatic rings. The van der Waals surface area contributed by atoms with Crippen molar-refractivity contribution in [3.05, 3.63) is 50.8 Å². The number of hydrogen-bond donors (Lipinski definition) is 1. The second-order valence-electron chi connectivity index (χ2n) is 5.95. The number of aromatic nitrogens is 2. The van der Waals surface area contributed by atoms with E-state index in [2.05, 4.69) is 10.4 Å². The second-order valence-corrected chi connectivity index (χ2v) is 5.95. The summed E-state index contributed by atoms with van der Waals surface area (Å²) >= 11 is 0. The average Bonchev–Trinajstić information content (AvgIpc) is 2.77. The lowest BCUT2D eigenvalue weighted by Crippen LogP contribution is -2.13.